The fourth-order valence-corrected chi connectivity index (χ4v) is 3.92. The van der Waals surface area contributed by atoms with Gasteiger partial charge in [0.15, 0.2) is 0 Å². The summed E-state index contributed by atoms with van der Waals surface area (Å²) in [4.78, 5) is 2.26. The zero-order valence-electron chi connectivity index (χ0n) is 13.4. The fourth-order valence-electron chi connectivity index (χ4n) is 3.73. The monoisotopic (exact) mass is 307 g/mol. The van der Waals surface area contributed by atoms with Gasteiger partial charge in [0.2, 0.25) is 0 Å². The van der Waals surface area contributed by atoms with E-state index >= 15 is 0 Å². The van der Waals surface area contributed by atoms with Gasteiger partial charge in [-0.2, -0.15) is 0 Å². The average Bonchev–Trinajstić information content (AvgIpc) is 2.47. The predicted octanol–water partition coefficient (Wildman–Crippen LogP) is 4.37. The number of rotatable bonds is 5. The van der Waals surface area contributed by atoms with E-state index in [0.29, 0.717) is 0 Å². The molecule has 1 aliphatic rings. The number of methoxy groups -OCH3 is 1. The summed E-state index contributed by atoms with van der Waals surface area (Å²) in [7, 11) is 6.10. The zero-order valence-corrected chi connectivity index (χ0v) is 14.1. The van der Waals surface area contributed by atoms with Crippen molar-refractivity contribution < 1.29 is 4.74 Å². The van der Waals surface area contributed by atoms with Crippen molar-refractivity contribution in [3.8, 4) is 0 Å². The molecule has 116 valence electrons. The highest BCUT2D eigenvalue weighted by atomic mass is 35.5. The summed E-state index contributed by atoms with van der Waals surface area (Å²) in [5, 5.41) is 0.763. The van der Waals surface area contributed by atoms with Gasteiger partial charge in [-0.15, -0.1) is 0 Å². The van der Waals surface area contributed by atoms with Crippen LogP contribution in [0.15, 0.2) is 24.8 Å². The highest BCUT2D eigenvalue weighted by molar-refractivity contribution is 6.32. The van der Waals surface area contributed by atoms with E-state index < -0.39 is 0 Å². The molecule has 2 rings (SSSR count). The summed E-state index contributed by atoms with van der Waals surface area (Å²) in [6, 6.07) is 6.35. The maximum Gasteiger partial charge on any atom is 0.0680 e. The molecule has 0 radical (unpaired) electrons. The molecule has 0 heterocycles. The Morgan fingerprint density at radius 1 is 1.43 bits per heavy atom. The highest BCUT2D eigenvalue weighted by Gasteiger charge is 2.43. The number of likely N-dealkylation sites (N-methyl/N-ethyl adjacent to an activating group) is 1. The Hall–Kier alpha value is -0.830. The molecule has 2 unspecified atom stereocenters. The Balaban J connectivity index is 2.50. The quantitative estimate of drug-likeness (QED) is 0.801. The van der Waals surface area contributed by atoms with Crippen LogP contribution < -0.4 is 0 Å². The van der Waals surface area contributed by atoms with Crippen LogP contribution in [-0.4, -0.2) is 38.8 Å². The van der Waals surface area contributed by atoms with Crippen molar-refractivity contribution >= 4 is 17.7 Å². The molecule has 0 bridgehead atoms. The van der Waals surface area contributed by atoms with Crippen molar-refractivity contribution in [3.05, 3.63) is 40.9 Å². The molecular formula is C18H26ClNO. The number of benzene rings is 1. The first kappa shape index (κ1) is 16.5. The van der Waals surface area contributed by atoms with Gasteiger partial charge in [-0.25, -0.2) is 0 Å². The molecule has 3 heteroatoms. The second-order valence-corrected chi connectivity index (χ2v) is 6.71. The summed E-state index contributed by atoms with van der Waals surface area (Å²) >= 11 is 6.24. The molecule has 21 heavy (non-hydrogen) atoms. The minimum atomic E-state index is 0.0405. The third-order valence-corrected chi connectivity index (χ3v) is 4.97. The third-order valence-electron chi connectivity index (χ3n) is 4.63. The van der Waals surface area contributed by atoms with E-state index in [-0.39, 0.29) is 11.5 Å². The predicted molar refractivity (Wildman–Crippen MR) is 91.0 cm³/mol. The van der Waals surface area contributed by atoms with Gasteiger partial charge < -0.3 is 9.64 Å². The van der Waals surface area contributed by atoms with Crippen molar-refractivity contribution in [2.24, 2.45) is 0 Å². The summed E-state index contributed by atoms with van der Waals surface area (Å²) < 4.78 is 5.88. The molecular weight excluding hydrogens is 282 g/mol. The van der Waals surface area contributed by atoms with Crippen LogP contribution in [0, 0.1) is 0 Å². The van der Waals surface area contributed by atoms with E-state index in [4.69, 9.17) is 16.3 Å². The van der Waals surface area contributed by atoms with Gasteiger partial charge in [0.1, 0.15) is 0 Å². The van der Waals surface area contributed by atoms with Gasteiger partial charge in [-0.3, -0.25) is 0 Å². The van der Waals surface area contributed by atoms with Gasteiger partial charge in [0, 0.05) is 24.1 Å². The standard InChI is InChI=1S/C18H26ClNO/c1-5-14-12-15(9-10-16(14)19)18(13-20(2)3)11-7-6-8-17(18)21-4/h5,9-10,12,17H,1,6-8,11,13H2,2-4H3. The van der Waals surface area contributed by atoms with Crippen LogP contribution in [0.4, 0.5) is 0 Å². The fraction of sp³-hybridized carbons (Fsp3) is 0.556. The molecule has 2 nitrogen and oxygen atoms in total. The lowest BCUT2D eigenvalue weighted by atomic mass is 9.66. The summed E-state index contributed by atoms with van der Waals surface area (Å²) in [5.41, 5.74) is 2.37. The third kappa shape index (κ3) is 3.33. The summed E-state index contributed by atoms with van der Waals surface area (Å²) in [5.74, 6) is 0. The second kappa shape index (κ2) is 6.95. The molecule has 0 aromatic heterocycles. The van der Waals surface area contributed by atoms with Crippen molar-refractivity contribution in [2.75, 3.05) is 27.7 Å². The lowest BCUT2D eigenvalue weighted by molar-refractivity contribution is -0.00948. The molecule has 0 saturated heterocycles. The first-order valence-corrected chi connectivity index (χ1v) is 8.01. The van der Waals surface area contributed by atoms with E-state index in [1.54, 1.807) is 0 Å². The Kier molecular flexibility index (Phi) is 5.48. The Morgan fingerprint density at radius 2 is 2.19 bits per heavy atom. The van der Waals surface area contributed by atoms with Gasteiger partial charge in [0.05, 0.1) is 6.10 Å². The SMILES string of the molecule is C=Cc1cc(C2(CN(C)C)CCCCC2OC)ccc1Cl. The first-order valence-electron chi connectivity index (χ1n) is 7.63. The van der Waals surface area contributed by atoms with Crippen molar-refractivity contribution in [1.29, 1.82) is 0 Å². The Morgan fingerprint density at radius 3 is 2.81 bits per heavy atom. The Bertz CT molecular complexity index is 500. The summed E-state index contributed by atoms with van der Waals surface area (Å²) in [6.07, 6.45) is 6.86. The van der Waals surface area contributed by atoms with E-state index in [2.05, 4.69) is 37.7 Å². The normalized spacial score (nSPS) is 26.0. The van der Waals surface area contributed by atoms with E-state index in [1.807, 2.05) is 19.3 Å². The van der Waals surface area contributed by atoms with Crippen molar-refractivity contribution in [3.63, 3.8) is 0 Å². The topological polar surface area (TPSA) is 12.5 Å². The molecule has 1 saturated carbocycles. The molecule has 1 fully saturated rings. The van der Waals surface area contributed by atoms with Gasteiger partial charge in [-0.1, -0.05) is 43.2 Å². The Labute approximate surface area is 133 Å². The molecule has 1 aromatic rings. The molecule has 1 aliphatic carbocycles. The van der Waals surface area contributed by atoms with Crippen LogP contribution in [0.1, 0.15) is 36.8 Å². The van der Waals surface area contributed by atoms with Crippen LogP contribution in [0.2, 0.25) is 5.02 Å². The first-order chi connectivity index (χ1) is 10.0. The number of ether oxygens (including phenoxy) is 1. The van der Waals surface area contributed by atoms with Crippen LogP contribution in [-0.2, 0) is 10.2 Å². The van der Waals surface area contributed by atoms with Crippen LogP contribution >= 0.6 is 11.6 Å². The number of hydrogen-bond donors (Lipinski definition) is 0. The molecule has 0 amide bonds. The van der Waals surface area contributed by atoms with E-state index in [9.17, 15) is 0 Å². The largest absolute Gasteiger partial charge is 0.380 e. The smallest absolute Gasteiger partial charge is 0.0680 e. The maximum atomic E-state index is 6.24. The van der Waals surface area contributed by atoms with E-state index in [0.717, 1.165) is 30.0 Å². The number of halogens is 1. The highest BCUT2D eigenvalue weighted by Crippen LogP contribution is 2.42. The molecule has 0 N–H and O–H groups in total. The molecule has 2 atom stereocenters. The number of nitrogens with zero attached hydrogens (tertiary/aromatic N) is 1. The second-order valence-electron chi connectivity index (χ2n) is 6.30. The maximum absolute atomic E-state index is 6.24. The average molecular weight is 308 g/mol. The molecule has 0 aliphatic heterocycles. The van der Waals surface area contributed by atoms with Crippen LogP contribution in [0.3, 0.4) is 0 Å². The minimum absolute atomic E-state index is 0.0405. The van der Waals surface area contributed by atoms with Gasteiger partial charge >= 0.3 is 0 Å². The zero-order chi connectivity index (χ0) is 15.5. The van der Waals surface area contributed by atoms with Crippen LogP contribution in [0.5, 0.6) is 0 Å². The summed E-state index contributed by atoms with van der Waals surface area (Å²) in [6.45, 7) is 4.86. The van der Waals surface area contributed by atoms with Gasteiger partial charge in [-0.05, 0) is 50.2 Å². The van der Waals surface area contributed by atoms with Gasteiger partial charge in [0.25, 0.3) is 0 Å². The van der Waals surface area contributed by atoms with E-state index in [1.165, 1.54) is 18.4 Å². The lowest BCUT2D eigenvalue weighted by Gasteiger charge is -2.45. The van der Waals surface area contributed by atoms with Crippen molar-refractivity contribution in [1.82, 2.24) is 4.90 Å². The van der Waals surface area contributed by atoms with Crippen molar-refractivity contribution in [2.45, 2.75) is 37.2 Å². The van der Waals surface area contributed by atoms with Crippen LogP contribution in [0.25, 0.3) is 6.08 Å². The minimum Gasteiger partial charge on any atom is -0.380 e. The lowest BCUT2D eigenvalue weighted by Crippen LogP contribution is -2.50. The molecule has 1 aromatic carbocycles. The molecule has 0 spiro atoms. The number of hydrogen-bond acceptors (Lipinski definition) is 2.